The normalized spacial score (nSPS) is 17.1. The lowest BCUT2D eigenvalue weighted by Gasteiger charge is -2.29. The molecule has 1 aromatic rings. The van der Waals surface area contributed by atoms with E-state index in [1.165, 1.54) is 12.1 Å². The molecule has 2 amide bonds. The maximum Gasteiger partial charge on any atom is 0.256 e. The molecule has 128 valence electrons. The average molecular weight is 336 g/mol. The first-order valence-electron chi connectivity index (χ1n) is 7.26. The molecule has 1 unspecified atom stereocenters. The zero-order valence-corrected chi connectivity index (χ0v) is 12.8. The number of halogens is 2. The zero-order chi connectivity index (χ0) is 17.9. The van der Waals surface area contributed by atoms with E-state index < -0.39 is 36.0 Å². The van der Waals surface area contributed by atoms with Crippen LogP contribution in [0.15, 0.2) is 36.2 Å². The highest BCUT2D eigenvalue weighted by Crippen LogP contribution is 2.38. The van der Waals surface area contributed by atoms with E-state index in [9.17, 15) is 18.4 Å². The summed E-state index contributed by atoms with van der Waals surface area (Å²) in [6.45, 7) is -0.406. The van der Waals surface area contributed by atoms with Crippen LogP contribution < -0.4 is 17.2 Å². The summed E-state index contributed by atoms with van der Waals surface area (Å²) >= 11 is 0. The van der Waals surface area contributed by atoms with Gasteiger partial charge < -0.3 is 22.1 Å². The molecule has 2 rings (SSSR count). The van der Waals surface area contributed by atoms with Gasteiger partial charge in [0.15, 0.2) is 0 Å². The van der Waals surface area contributed by atoms with Gasteiger partial charge >= 0.3 is 0 Å². The number of carbonyl (C=O) groups excluding carboxylic acids is 2. The van der Waals surface area contributed by atoms with Crippen LogP contribution >= 0.6 is 0 Å². The quantitative estimate of drug-likeness (QED) is 0.539. The van der Waals surface area contributed by atoms with Crippen LogP contribution in [0.4, 0.5) is 8.78 Å². The lowest BCUT2D eigenvalue weighted by molar-refractivity contribution is -0.134. The van der Waals surface area contributed by atoms with Gasteiger partial charge in [-0.15, -0.1) is 0 Å². The fraction of sp³-hybridized carbons (Fsp3) is 0.250. The Morgan fingerprint density at radius 3 is 2.58 bits per heavy atom. The van der Waals surface area contributed by atoms with Crippen molar-refractivity contribution in [2.24, 2.45) is 17.2 Å². The SMILES string of the molecule is NC=C(/C=C\N)C(=O)N(CC(N)=O)C1CCc2c(F)cc(F)cc21. The van der Waals surface area contributed by atoms with E-state index in [0.29, 0.717) is 24.0 Å². The lowest BCUT2D eigenvalue weighted by Crippen LogP contribution is -2.41. The van der Waals surface area contributed by atoms with Gasteiger partial charge in [-0.3, -0.25) is 9.59 Å². The number of hydrogen-bond acceptors (Lipinski definition) is 4. The molecular weight excluding hydrogens is 318 g/mol. The van der Waals surface area contributed by atoms with Crippen molar-refractivity contribution in [3.8, 4) is 0 Å². The molecule has 0 fully saturated rings. The van der Waals surface area contributed by atoms with E-state index in [0.717, 1.165) is 23.4 Å². The highest BCUT2D eigenvalue weighted by molar-refractivity contribution is 5.98. The minimum absolute atomic E-state index is 0.0454. The summed E-state index contributed by atoms with van der Waals surface area (Å²) in [5.74, 6) is -2.77. The second-order valence-electron chi connectivity index (χ2n) is 5.39. The second-order valence-corrected chi connectivity index (χ2v) is 5.39. The van der Waals surface area contributed by atoms with E-state index in [1.54, 1.807) is 0 Å². The van der Waals surface area contributed by atoms with Gasteiger partial charge in [0.05, 0.1) is 11.6 Å². The van der Waals surface area contributed by atoms with Gasteiger partial charge in [-0.2, -0.15) is 0 Å². The number of hydrogen-bond donors (Lipinski definition) is 3. The molecule has 0 aliphatic heterocycles. The van der Waals surface area contributed by atoms with Gasteiger partial charge in [0, 0.05) is 12.3 Å². The lowest BCUT2D eigenvalue weighted by atomic mass is 10.0. The standard InChI is InChI=1S/C16H18F2N4O2/c17-10-5-12-11(13(18)6-10)1-2-14(12)22(8-15(21)23)16(24)9(7-20)3-4-19/h3-7,14H,1-2,8,19-20H2,(H2,21,23)/b4-3-,9-7?. The molecular formula is C16H18F2N4O2. The molecule has 0 aromatic heterocycles. The van der Waals surface area contributed by atoms with E-state index in [2.05, 4.69) is 0 Å². The Balaban J connectivity index is 2.45. The summed E-state index contributed by atoms with van der Waals surface area (Å²) in [6, 6.07) is 1.29. The molecule has 0 heterocycles. The van der Waals surface area contributed by atoms with Crippen molar-refractivity contribution in [1.82, 2.24) is 4.90 Å². The fourth-order valence-corrected chi connectivity index (χ4v) is 2.90. The highest BCUT2D eigenvalue weighted by atomic mass is 19.1. The molecule has 6 N–H and O–H groups in total. The number of fused-ring (bicyclic) bond motifs is 1. The fourth-order valence-electron chi connectivity index (χ4n) is 2.90. The summed E-state index contributed by atoms with van der Waals surface area (Å²) < 4.78 is 27.5. The van der Waals surface area contributed by atoms with Crippen molar-refractivity contribution >= 4 is 11.8 Å². The predicted molar refractivity (Wildman–Crippen MR) is 83.9 cm³/mol. The minimum Gasteiger partial charge on any atom is -0.405 e. The molecule has 0 bridgehead atoms. The smallest absolute Gasteiger partial charge is 0.256 e. The van der Waals surface area contributed by atoms with Crippen molar-refractivity contribution in [3.05, 3.63) is 58.9 Å². The molecule has 24 heavy (non-hydrogen) atoms. The molecule has 8 heteroatoms. The molecule has 1 aliphatic rings. The maximum atomic E-state index is 13.9. The van der Waals surface area contributed by atoms with Gasteiger partial charge in [-0.1, -0.05) is 0 Å². The molecule has 0 saturated carbocycles. The van der Waals surface area contributed by atoms with E-state index in [-0.39, 0.29) is 5.57 Å². The number of primary amides is 1. The molecule has 0 saturated heterocycles. The van der Waals surface area contributed by atoms with Crippen LogP contribution in [0.5, 0.6) is 0 Å². The number of carbonyl (C=O) groups is 2. The van der Waals surface area contributed by atoms with Crippen molar-refractivity contribution in [2.45, 2.75) is 18.9 Å². The number of rotatable bonds is 5. The first kappa shape index (κ1) is 17.5. The van der Waals surface area contributed by atoms with Crippen molar-refractivity contribution in [2.75, 3.05) is 6.54 Å². The minimum atomic E-state index is -0.749. The van der Waals surface area contributed by atoms with Crippen molar-refractivity contribution < 1.29 is 18.4 Å². The number of nitrogens with zero attached hydrogens (tertiary/aromatic N) is 1. The van der Waals surface area contributed by atoms with Crippen molar-refractivity contribution in [1.29, 1.82) is 0 Å². The van der Waals surface area contributed by atoms with Crippen LogP contribution in [-0.4, -0.2) is 23.3 Å². The van der Waals surface area contributed by atoms with Crippen molar-refractivity contribution in [3.63, 3.8) is 0 Å². The number of amides is 2. The summed E-state index contributed by atoms with van der Waals surface area (Å²) in [5, 5.41) is 0. The zero-order valence-electron chi connectivity index (χ0n) is 12.8. The summed E-state index contributed by atoms with van der Waals surface area (Å²) in [5.41, 5.74) is 16.6. The van der Waals surface area contributed by atoms with Crippen LogP contribution in [0.3, 0.4) is 0 Å². The van der Waals surface area contributed by atoms with Gasteiger partial charge in [0.25, 0.3) is 5.91 Å². The van der Waals surface area contributed by atoms with Crippen LogP contribution in [0.25, 0.3) is 0 Å². The maximum absolute atomic E-state index is 13.9. The molecule has 1 aliphatic carbocycles. The Bertz CT molecular complexity index is 731. The Kier molecular flexibility index (Phi) is 5.18. The molecule has 1 aromatic carbocycles. The summed E-state index contributed by atoms with van der Waals surface area (Å²) in [7, 11) is 0. The number of benzene rings is 1. The Morgan fingerprint density at radius 2 is 2.00 bits per heavy atom. The topological polar surface area (TPSA) is 115 Å². The van der Waals surface area contributed by atoms with Gasteiger partial charge in [-0.05, 0) is 42.3 Å². The average Bonchev–Trinajstić information content (AvgIpc) is 2.93. The Morgan fingerprint density at radius 1 is 1.29 bits per heavy atom. The summed E-state index contributed by atoms with van der Waals surface area (Å²) in [6.07, 6.45) is 4.11. The molecule has 0 radical (unpaired) electrons. The van der Waals surface area contributed by atoms with E-state index >= 15 is 0 Å². The van der Waals surface area contributed by atoms with E-state index in [4.69, 9.17) is 17.2 Å². The highest BCUT2D eigenvalue weighted by Gasteiger charge is 2.34. The first-order valence-corrected chi connectivity index (χ1v) is 7.26. The number of nitrogens with two attached hydrogens (primary N) is 3. The van der Waals surface area contributed by atoms with Gasteiger partial charge in [0.2, 0.25) is 5.91 Å². The second kappa shape index (κ2) is 7.12. The third-order valence-electron chi connectivity index (χ3n) is 3.89. The van der Waals surface area contributed by atoms with Crippen LogP contribution in [0.2, 0.25) is 0 Å². The van der Waals surface area contributed by atoms with Crippen LogP contribution in [0.1, 0.15) is 23.6 Å². The largest absolute Gasteiger partial charge is 0.405 e. The molecule has 6 nitrogen and oxygen atoms in total. The Hall–Kier alpha value is -2.90. The van der Waals surface area contributed by atoms with E-state index in [1.807, 2.05) is 0 Å². The van der Waals surface area contributed by atoms with Crippen LogP contribution in [-0.2, 0) is 16.0 Å². The molecule has 0 spiro atoms. The Labute approximate surface area is 137 Å². The predicted octanol–water partition coefficient (Wildman–Crippen LogP) is 0.581. The third kappa shape index (κ3) is 3.37. The third-order valence-corrected chi connectivity index (χ3v) is 3.89. The summed E-state index contributed by atoms with van der Waals surface area (Å²) in [4.78, 5) is 25.2. The molecule has 1 atom stereocenters. The van der Waals surface area contributed by atoms with Crippen LogP contribution in [0, 0.1) is 11.6 Å². The van der Waals surface area contributed by atoms with Gasteiger partial charge in [0.1, 0.15) is 18.2 Å². The first-order chi connectivity index (χ1) is 11.4. The monoisotopic (exact) mass is 336 g/mol. The van der Waals surface area contributed by atoms with Gasteiger partial charge in [-0.25, -0.2) is 8.78 Å².